The molecular weight excluding hydrogens is 246 g/mol. The molecule has 0 radical (unpaired) electrons. The minimum Gasteiger partial charge on any atom is -0.493 e. The predicted octanol–water partition coefficient (Wildman–Crippen LogP) is 2.94. The molecule has 0 aliphatic carbocycles. The van der Waals surface area contributed by atoms with Crippen LogP contribution < -0.4 is 14.8 Å². The number of rotatable bonds is 9. The van der Waals surface area contributed by atoms with Gasteiger partial charge in [-0.05, 0) is 25.8 Å². The molecule has 1 aromatic carbocycles. The summed E-state index contributed by atoms with van der Waals surface area (Å²) in [6, 6.07) is 6.06. The van der Waals surface area contributed by atoms with Gasteiger partial charge in [0.15, 0.2) is 0 Å². The van der Waals surface area contributed by atoms with E-state index in [4.69, 9.17) is 9.47 Å². The van der Waals surface area contributed by atoms with Crippen molar-refractivity contribution in [2.45, 2.75) is 19.9 Å². The van der Waals surface area contributed by atoms with Crippen LogP contribution in [-0.4, -0.2) is 32.3 Å². The predicted molar refractivity (Wildman–Crippen MR) is 78.9 cm³/mol. The van der Waals surface area contributed by atoms with Gasteiger partial charge in [0.05, 0.1) is 13.2 Å². The first kappa shape index (κ1) is 15.2. The minimum atomic E-state index is 0.731. The van der Waals surface area contributed by atoms with Crippen LogP contribution in [0.4, 0.5) is 0 Å². The molecule has 0 fully saturated rings. The maximum atomic E-state index is 5.81. The fourth-order valence-corrected chi connectivity index (χ4v) is 1.80. The van der Waals surface area contributed by atoms with E-state index in [1.807, 2.05) is 19.2 Å². The number of ether oxygens (including phenoxy) is 2. The third-order valence-corrected chi connectivity index (χ3v) is 3.00. The lowest BCUT2D eigenvalue weighted by molar-refractivity contribution is 0.308. The summed E-state index contributed by atoms with van der Waals surface area (Å²) in [5, 5.41) is 3.15. The summed E-state index contributed by atoms with van der Waals surface area (Å²) < 4.78 is 11.4. The zero-order valence-corrected chi connectivity index (χ0v) is 12.3. The van der Waals surface area contributed by atoms with Crippen molar-refractivity contribution in [1.82, 2.24) is 5.32 Å². The fourth-order valence-electron chi connectivity index (χ4n) is 1.55. The maximum absolute atomic E-state index is 5.81. The van der Waals surface area contributed by atoms with Crippen molar-refractivity contribution in [3.8, 4) is 11.5 Å². The van der Waals surface area contributed by atoms with Gasteiger partial charge in [-0.1, -0.05) is 13.0 Å². The molecule has 4 heteroatoms. The van der Waals surface area contributed by atoms with E-state index in [2.05, 4.69) is 24.6 Å². The molecule has 0 aromatic heterocycles. The average molecular weight is 269 g/mol. The number of nitrogens with one attached hydrogen (secondary N) is 1. The molecule has 0 unspecified atom stereocenters. The van der Waals surface area contributed by atoms with Gasteiger partial charge in [0.2, 0.25) is 0 Å². The van der Waals surface area contributed by atoms with Crippen LogP contribution in [0.5, 0.6) is 11.5 Å². The first-order valence-corrected chi connectivity index (χ1v) is 7.73. The molecule has 102 valence electrons. The van der Waals surface area contributed by atoms with Gasteiger partial charge in [0.25, 0.3) is 0 Å². The first-order chi connectivity index (χ1) is 8.81. The zero-order valence-electron chi connectivity index (χ0n) is 11.5. The number of hydrogen-bond donors (Lipinski definition) is 1. The SMILES string of the molecule is CCCOc1ccc(CNC)c(OCCSC)c1. The van der Waals surface area contributed by atoms with Crippen LogP contribution in [-0.2, 0) is 6.54 Å². The highest BCUT2D eigenvalue weighted by atomic mass is 32.2. The van der Waals surface area contributed by atoms with Crippen molar-refractivity contribution >= 4 is 11.8 Å². The maximum Gasteiger partial charge on any atom is 0.127 e. The molecule has 0 aliphatic rings. The van der Waals surface area contributed by atoms with Crippen molar-refractivity contribution in [1.29, 1.82) is 0 Å². The van der Waals surface area contributed by atoms with E-state index in [0.29, 0.717) is 0 Å². The Balaban J connectivity index is 2.71. The lowest BCUT2D eigenvalue weighted by atomic mass is 10.2. The lowest BCUT2D eigenvalue weighted by Crippen LogP contribution is -2.09. The Hall–Kier alpha value is -0.870. The molecular formula is C14H23NO2S. The Morgan fingerprint density at radius 1 is 1.22 bits per heavy atom. The largest absolute Gasteiger partial charge is 0.493 e. The van der Waals surface area contributed by atoms with Crippen molar-refractivity contribution < 1.29 is 9.47 Å². The monoisotopic (exact) mass is 269 g/mol. The van der Waals surface area contributed by atoms with Crippen LogP contribution in [0, 0.1) is 0 Å². The second-order valence-corrected chi connectivity index (χ2v) is 4.98. The smallest absolute Gasteiger partial charge is 0.127 e. The van der Waals surface area contributed by atoms with Crippen molar-refractivity contribution in [3.63, 3.8) is 0 Å². The van der Waals surface area contributed by atoms with E-state index < -0.39 is 0 Å². The molecule has 0 aliphatic heterocycles. The highest BCUT2D eigenvalue weighted by Gasteiger charge is 2.05. The number of benzene rings is 1. The van der Waals surface area contributed by atoms with E-state index in [0.717, 1.165) is 43.4 Å². The van der Waals surface area contributed by atoms with E-state index in [9.17, 15) is 0 Å². The summed E-state index contributed by atoms with van der Waals surface area (Å²) >= 11 is 1.79. The summed E-state index contributed by atoms with van der Waals surface area (Å²) in [4.78, 5) is 0. The van der Waals surface area contributed by atoms with Gasteiger partial charge < -0.3 is 14.8 Å². The molecule has 1 N–H and O–H groups in total. The molecule has 1 rings (SSSR count). The van der Waals surface area contributed by atoms with Crippen molar-refractivity contribution in [2.24, 2.45) is 0 Å². The Bertz CT molecular complexity index is 345. The Kier molecular flexibility index (Phi) is 7.69. The van der Waals surface area contributed by atoms with E-state index in [-0.39, 0.29) is 0 Å². The topological polar surface area (TPSA) is 30.5 Å². The van der Waals surface area contributed by atoms with E-state index >= 15 is 0 Å². The minimum absolute atomic E-state index is 0.731. The van der Waals surface area contributed by atoms with Crippen molar-refractivity contribution in [2.75, 3.05) is 32.3 Å². The van der Waals surface area contributed by atoms with Crippen LogP contribution in [0.1, 0.15) is 18.9 Å². The molecule has 0 amide bonds. The standard InChI is InChI=1S/C14H23NO2S/c1-4-7-16-13-6-5-12(11-15-2)14(10-13)17-8-9-18-3/h5-6,10,15H,4,7-9,11H2,1-3H3. The first-order valence-electron chi connectivity index (χ1n) is 6.33. The molecule has 0 bridgehead atoms. The number of hydrogen-bond acceptors (Lipinski definition) is 4. The molecule has 0 heterocycles. The normalized spacial score (nSPS) is 10.4. The van der Waals surface area contributed by atoms with Gasteiger partial charge in [-0.15, -0.1) is 0 Å². The average Bonchev–Trinajstić information content (AvgIpc) is 2.39. The van der Waals surface area contributed by atoms with Gasteiger partial charge in [0, 0.05) is 23.9 Å². The molecule has 0 saturated heterocycles. The quantitative estimate of drug-likeness (QED) is 0.698. The second-order valence-electron chi connectivity index (χ2n) is 3.99. The molecule has 1 aromatic rings. The summed E-state index contributed by atoms with van der Waals surface area (Å²) in [6.45, 7) is 4.39. The Labute approximate surface area is 114 Å². The molecule has 0 spiro atoms. The van der Waals surface area contributed by atoms with Crippen LogP contribution in [0.3, 0.4) is 0 Å². The lowest BCUT2D eigenvalue weighted by Gasteiger charge is -2.13. The third-order valence-electron chi connectivity index (χ3n) is 2.42. The molecule has 18 heavy (non-hydrogen) atoms. The van der Waals surface area contributed by atoms with Gasteiger partial charge in [0.1, 0.15) is 11.5 Å². The van der Waals surface area contributed by atoms with Gasteiger partial charge in [-0.2, -0.15) is 11.8 Å². The van der Waals surface area contributed by atoms with Crippen LogP contribution >= 0.6 is 11.8 Å². The Morgan fingerprint density at radius 3 is 2.72 bits per heavy atom. The van der Waals surface area contributed by atoms with Crippen LogP contribution in [0.2, 0.25) is 0 Å². The summed E-state index contributed by atoms with van der Waals surface area (Å²) in [7, 11) is 1.94. The van der Waals surface area contributed by atoms with Crippen molar-refractivity contribution in [3.05, 3.63) is 23.8 Å². The fraction of sp³-hybridized carbons (Fsp3) is 0.571. The van der Waals surface area contributed by atoms with Crippen LogP contribution in [0.15, 0.2) is 18.2 Å². The van der Waals surface area contributed by atoms with E-state index in [1.165, 1.54) is 5.56 Å². The summed E-state index contributed by atoms with van der Waals surface area (Å²) in [6.07, 6.45) is 3.10. The van der Waals surface area contributed by atoms with Gasteiger partial charge in [-0.3, -0.25) is 0 Å². The summed E-state index contributed by atoms with van der Waals surface area (Å²) in [5.41, 5.74) is 1.17. The van der Waals surface area contributed by atoms with Gasteiger partial charge in [-0.25, -0.2) is 0 Å². The van der Waals surface area contributed by atoms with E-state index in [1.54, 1.807) is 11.8 Å². The van der Waals surface area contributed by atoms with Gasteiger partial charge >= 0.3 is 0 Å². The zero-order chi connectivity index (χ0) is 13.2. The van der Waals surface area contributed by atoms with Crippen LogP contribution in [0.25, 0.3) is 0 Å². The number of thioether (sulfide) groups is 1. The second kappa shape index (κ2) is 9.11. The highest BCUT2D eigenvalue weighted by molar-refractivity contribution is 7.98. The highest BCUT2D eigenvalue weighted by Crippen LogP contribution is 2.25. The molecule has 3 nitrogen and oxygen atoms in total. The Morgan fingerprint density at radius 2 is 2.06 bits per heavy atom. The third kappa shape index (κ3) is 5.19. The molecule has 0 atom stereocenters. The summed E-state index contributed by atoms with van der Waals surface area (Å²) in [5.74, 6) is 2.81. The molecule has 0 saturated carbocycles.